The third kappa shape index (κ3) is 2.13. The molecule has 0 saturated carbocycles. The van der Waals surface area contributed by atoms with E-state index in [1.54, 1.807) is 12.4 Å². The van der Waals surface area contributed by atoms with Crippen LogP contribution >= 0.6 is 11.3 Å². The fourth-order valence-electron chi connectivity index (χ4n) is 1.26. The van der Waals surface area contributed by atoms with Crippen LogP contribution in [0.2, 0.25) is 0 Å². The van der Waals surface area contributed by atoms with Crippen LogP contribution in [0.15, 0.2) is 42.0 Å². The van der Waals surface area contributed by atoms with Gasteiger partial charge in [0.15, 0.2) is 0 Å². The van der Waals surface area contributed by atoms with Crippen LogP contribution < -0.4 is 0 Å². The second-order valence-corrected chi connectivity index (χ2v) is 3.90. The number of thiophene rings is 1. The van der Waals surface area contributed by atoms with Crippen molar-refractivity contribution in [1.82, 2.24) is 4.98 Å². The molecule has 0 aromatic carbocycles. The summed E-state index contributed by atoms with van der Waals surface area (Å²) in [7, 11) is 0. The summed E-state index contributed by atoms with van der Waals surface area (Å²) in [5.74, 6) is -0.277. The molecule has 0 N–H and O–H groups in total. The molecule has 0 aliphatic heterocycles. The molecule has 0 saturated heterocycles. The molecule has 2 heterocycles. The molecule has 0 fully saturated rings. The Morgan fingerprint density at radius 3 is 2.73 bits per heavy atom. The summed E-state index contributed by atoms with van der Waals surface area (Å²) in [6.07, 6.45) is 4.67. The van der Waals surface area contributed by atoms with Gasteiger partial charge in [-0.1, -0.05) is 0 Å². The number of nitrogens with zero attached hydrogens (tertiary/aromatic N) is 1. The van der Waals surface area contributed by atoms with Crippen molar-refractivity contribution in [2.45, 2.75) is 0 Å². The van der Waals surface area contributed by atoms with E-state index >= 15 is 0 Å². The molecule has 0 spiro atoms. The zero-order valence-electron chi connectivity index (χ0n) is 7.98. The summed E-state index contributed by atoms with van der Waals surface area (Å²) in [5.41, 5.74) is 2.05. The first-order valence-electron chi connectivity index (χ1n) is 4.45. The number of allylic oxidation sites excluding steroid dienone is 1. The summed E-state index contributed by atoms with van der Waals surface area (Å²) in [5, 5.41) is 1.92. The fraction of sp³-hybridized carbons (Fsp3) is 0. The van der Waals surface area contributed by atoms with Gasteiger partial charge in [-0.15, -0.1) is 11.3 Å². The molecule has 0 amide bonds. The van der Waals surface area contributed by atoms with E-state index < -0.39 is 0 Å². The Balaban J connectivity index is 2.36. The summed E-state index contributed by atoms with van der Waals surface area (Å²) in [6.45, 7) is 3.40. The zero-order chi connectivity index (χ0) is 10.7. The number of halogens is 1. The number of pyridine rings is 1. The van der Waals surface area contributed by atoms with E-state index in [1.807, 2.05) is 23.6 Å². The van der Waals surface area contributed by atoms with Crippen LogP contribution in [0.5, 0.6) is 0 Å². The van der Waals surface area contributed by atoms with Crippen molar-refractivity contribution >= 4 is 17.2 Å². The molecule has 1 radical (unpaired) electrons. The highest BCUT2D eigenvalue weighted by atomic mass is 32.1. The molecule has 15 heavy (non-hydrogen) atoms. The van der Waals surface area contributed by atoms with Crippen molar-refractivity contribution in [2.24, 2.45) is 0 Å². The summed E-state index contributed by atoms with van der Waals surface area (Å²) < 4.78 is 13.2. The van der Waals surface area contributed by atoms with Crippen molar-refractivity contribution in [3.8, 4) is 11.1 Å². The Kier molecular flexibility index (Phi) is 2.92. The Morgan fingerprint density at radius 2 is 2.07 bits per heavy atom. The van der Waals surface area contributed by atoms with Gasteiger partial charge >= 0.3 is 0 Å². The minimum absolute atomic E-state index is 0.277. The SMILES string of the molecule is [CH2]/C=C(/F)c1cc(-c2ccncc2)cs1. The van der Waals surface area contributed by atoms with Gasteiger partial charge in [0.05, 0.1) is 4.88 Å². The number of hydrogen-bond acceptors (Lipinski definition) is 2. The highest BCUT2D eigenvalue weighted by molar-refractivity contribution is 7.11. The Labute approximate surface area is 91.9 Å². The standard InChI is InChI=1S/C12H9FNS/c1-2-11(13)12-7-10(8-15-12)9-3-5-14-6-4-9/h2-8H,1H2/b11-2+. The van der Waals surface area contributed by atoms with Crippen LogP contribution in [0.3, 0.4) is 0 Å². The van der Waals surface area contributed by atoms with Crippen LogP contribution in [0, 0.1) is 6.92 Å². The zero-order valence-corrected chi connectivity index (χ0v) is 8.80. The molecular formula is C12H9FNS. The van der Waals surface area contributed by atoms with Crippen LogP contribution in [0.1, 0.15) is 4.88 Å². The smallest absolute Gasteiger partial charge is 0.136 e. The highest BCUT2D eigenvalue weighted by Gasteiger charge is 2.05. The van der Waals surface area contributed by atoms with Gasteiger partial charge < -0.3 is 0 Å². The average molecular weight is 218 g/mol. The molecule has 75 valence electrons. The number of rotatable bonds is 2. The lowest BCUT2D eigenvalue weighted by Gasteiger charge is -1.94. The predicted octanol–water partition coefficient (Wildman–Crippen LogP) is 3.95. The third-order valence-electron chi connectivity index (χ3n) is 2.03. The van der Waals surface area contributed by atoms with Crippen molar-refractivity contribution in [3.05, 3.63) is 53.8 Å². The Hall–Kier alpha value is -1.48. The Morgan fingerprint density at radius 1 is 1.33 bits per heavy atom. The molecule has 0 unspecified atom stereocenters. The van der Waals surface area contributed by atoms with E-state index in [-0.39, 0.29) is 5.83 Å². The van der Waals surface area contributed by atoms with Gasteiger partial charge in [0.25, 0.3) is 0 Å². The number of aromatic nitrogens is 1. The van der Waals surface area contributed by atoms with Gasteiger partial charge in [0.1, 0.15) is 5.83 Å². The maximum absolute atomic E-state index is 13.2. The minimum atomic E-state index is -0.277. The summed E-state index contributed by atoms with van der Waals surface area (Å²) in [6, 6.07) is 5.62. The normalized spacial score (nSPS) is 11.7. The number of hydrogen-bond donors (Lipinski definition) is 0. The minimum Gasteiger partial charge on any atom is -0.265 e. The lowest BCUT2D eigenvalue weighted by Crippen LogP contribution is -1.74. The molecule has 0 aliphatic rings. The summed E-state index contributed by atoms with van der Waals surface area (Å²) in [4.78, 5) is 4.55. The summed E-state index contributed by atoms with van der Waals surface area (Å²) >= 11 is 1.37. The Bertz CT molecular complexity index is 473. The lowest BCUT2D eigenvalue weighted by atomic mass is 10.1. The molecule has 2 aromatic rings. The second-order valence-electron chi connectivity index (χ2n) is 2.99. The van der Waals surface area contributed by atoms with Crippen molar-refractivity contribution in [2.75, 3.05) is 0 Å². The van der Waals surface area contributed by atoms with Crippen LogP contribution in [0.4, 0.5) is 4.39 Å². The molecule has 3 heteroatoms. The molecule has 2 aromatic heterocycles. The maximum Gasteiger partial charge on any atom is 0.136 e. The van der Waals surface area contributed by atoms with E-state index in [2.05, 4.69) is 11.9 Å². The van der Waals surface area contributed by atoms with Crippen LogP contribution in [0.25, 0.3) is 17.0 Å². The largest absolute Gasteiger partial charge is 0.265 e. The van der Waals surface area contributed by atoms with Gasteiger partial charge in [0.2, 0.25) is 0 Å². The maximum atomic E-state index is 13.2. The van der Waals surface area contributed by atoms with Gasteiger partial charge in [-0.2, -0.15) is 0 Å². The van der Waals surface area contributed by atoms with Gasteiger partial charge in [0, 0.05) is 12.4 Å². The fourth-order valence-corrected chi connectivity index (χ4v) is 2.11. The molecule has 0 aliphatic carbocycles. The monoisotopic (exact) mass is 218 g/mol. The van der Waals surface area contributed by atoms with Gasteiger partial charge in [-0.3, -0.25) is 4.98 Å². The lowest BCUT2D eigenvalue weighted by molar-refractivity contribution is 0.764. The second kappa shape index (κ2) is 4.36. The van der Waals surface area contributed by atoms with Crippen molar-refractivity contribution < 1.29 is 4.39 Å². The van der Waals surface area contributed by atoms with Crippen molar-refractivity contribution in [3.63, 3.8) is 0 Å². The molecule has 0 atom stereocenters. The van der Waals surface area contributed by atoms with Gasteiger partial charge in [-0.25, -0.2) is 4.39 Å². The molecule has 0 bridgehead atoms. The average Bonchev–Trinajstić information content (AvgIpc) is 2.78. The first-order chi connectivity index (χ1) is 7.31. The van der Waals surface area contributed by atoms with E-state index in [0.29, 0.717) is 4.88 Å². The topological polar surface area (TPSA) is 12.9 Å². The quantitative estimate of drug-likeness (QED) is 0.743. The first-order valence-corrected chi connectivity index (χ1v) is 5.33. The van der Waals surface area contributed by atoms with E-state index in [1.165, 1.54) is 17.4 Å². The van der Waals surface area contributed by atoms with Gasteiger partial charge in [-0.05, 0) is 47.7 Å². The van der Waals surface area contributed by atoms with Crippen LogP contribution in [-0.2, 0) is 0 Å². The molecule has 2 rings (SSSR count). The predicted molar refractivity (Wildman–Crippen MR) is 62.0 cm³/mol. The molecular weight excluding hydrogens is 209 g/mol. The first kappa shape index (κ1) is 10.1. The van der Waals surface area contributed by atoms with E-state index in [4.69, 9.17) is 0 Å². The van der Waals surface area contributed by atoms with Crippen molar-refractivity contribution in [1.29, 1.82) is 0 Å². The van der Waals surface area contributed by atoms with E-state index in [0.717, 1.165) is 11.1 Å². The highest BCUT2D eigenvalue weighted by Crippen LogP contribution is 2.29. The van der Waals surface area contributed by atoms with Crippen LogP contribution in [-0.4, -0.2) is 4.98 Å². The van der Waals surface area contributed by atoms with E-state index in [9.17, 15) is 4.39 Å². The molecule has 1 nitrogen and oxygen atoms in total. The third-order valence-corrected chi connectivity index (χ3v) is 2.97.